The summed E-state index contributed by atoms with van der Waals surface area (Å²) in [6.07, 6.45) is 1.24. The van der Waals surface area contributed by atoms with Gasteiger partial charge in [0, 0.05) is 21.9 Å². The molecule has 1 amide bonds. The molecule has 104 valence electrons. The van der Waals surface area contributed by atoms with Gasteiger partial charge in [0.1, 0.15) is 0 Å². The molecule has 0 heterocycles. The summed E-state index contributed by atoms with van der Waals surface area (Å²) in [7, 11) is 0. The van der Waals surface area contributed by atoms with Gasteiger partial charge in [0.2, 0.25) is 5.91 Å². The number of rotatable bonds is 5. The predicted octanol–water partition coefficient (Wildman–Crippen LogP) is 4.46. The largest absolute Gasteiger partial charge is 0.352 e. The number of hydrogen-bond acceptors (Lipinski definition) is 1. The Morgan fingerprint density at radius 3 is 2.60 bits per heavy atom. The standard InChI is InChI=1S/C16H15Br2NO/c17-14-6-3-4-12(10-14)11-19-16(20)9-8-13-5-1-2-7-15(13)18/h1-7,10H,8-9,11H2,(H,19,20). The van der Waals surface area contributed by atoms with Gasteiger partial charge in [-0.25, -0.2) is 0 Å². The van der Waals surface area contributed by atoms with Gasteiger partial charge in [0.05, 0.1) is 0 Å². The predicted molar refractivity (Wildman–Crippen MR) is 88.5 cm³/mol. The van der Waals surface area contributed by atoms with E-state index in [1.165, 1.54) is 0 Å². The first-order valence-corrected chi connectivity index (χ1v) is 7.98. The van der Waals surface area contributed by atoms with Crippen LogP contribution in [0.25, 0.3) is 0 Å². The zero-order chi connectivity index (χ0) is 14.4. The number of amides is 1. The van der Waals surface area contributed by atoms with Crippen LogP contribution in [-0.4, -0.2) is 5.91 Å². The highest BCUT2D eigenvalue weighted by Gasteiger charge is 2.04. The number of benzene rings is 2. The molecular formula is C16H15Br2NO. The second-order valence-corrected chi connectivity index (χ2v) is 6.27. The maximum Gasteiger partial charge on any atom is 0.220 e. The van der Waals surface area contributed by atoms with E-state index in [9.17, 15) is 4.79 Å². The van der Waals surface area contributed by atoms with Crippen LogP contribution >= 0.6 is 31.9 Å². The van der Waals surface area contributed by atoms with Gasteiger partial charge >= 0.3 is 0 Å². The van der Waals surface area contributed by atoms with Crippen LogP contribution in [0, 0.1) is 0 Å². The van der Waals surface area contributed by atoms with Gasteiger partial charge in [-0.2, -0.15) is 0 Å². The van der Waals surface area contributed by atoms with E-state index >= 15 is 0 Å². The SMILES string of the molecule is O=C(CCc1ccccc1Br)NCc1cccc(Br)c1. The summed E-state index contributed by atoms with van der Waals surface area (Å²) < 4.78 is 2.08. The molecule has 2 aromatic carbocycles. The Morgan fingerprint density at radius 2 is 1.85 bits per heavy atom. The van der Waals surface area contributed by atoms with E-state index in [1.54, 1.807) is 0 Å². The molecule has 0 unspecified atom stereocenters. The average molecular weight is 397 g/mol. The summed E-state index contributed by atoms with van der Waals surface area (Å²) in [6.45, 7) is 0.564. The van der Waals surface area contributed by atoms with Crippen molar-refractivity contribution in [2.24, 2.45) is 0 Å². The Kier molecular flexibility index (Phi) is 5.80. The van der Waals surface area contributed by atoms with Crippen molar-refractivity contribution in [3.05, 3.63) is 68.6 Å². The minimum Gasteiger partial charge on any atom is -0.352 e. The second kappa shape index (κ2) is 7.60. The van der Waals surface area contributed by atoms with Crippen molar-refractivity contribution in [2.45, 2.75) is 19.4 Å². The molecular weight excluding hydrogens is 382 g/mol. The third kappa shape index (κ3) is 4.76. The van der Waals surface area contributed by atoms with Crippen LogP contribution in [0.5, 0.6) is 0 Å². The number of halogens is 2. The summed E-state index contributed by atoms with van der Waals surface area (Å²) in [4.78, 5) is 11.8. The summed E-state index contributed by atoms with van der Waals surface area (Å²) in [6, 6.07) is 15.9. The Bertz CT molecular complexity index is 599. The van der Waals surface area contributed by atoms with Gasteiger partial charge in [-0.1, -0.05) is 62.2 Å². The molecule has 2 aromatic rings. The second-order valence-electron chi connectivity index (χ2n) is 4.50. The van der Waals surface area contributed by atoms with Crippen molar-refractivity contribution in [3.63, 3.8) is 0 Å². The lowest BCUT2D eigenvalue weighted by Crippen LogP contribution is -2.23. The monoisotopic (exact) mass is 395 g/mol. The Balaban J connectivity index is 1.80. The van der Waals surface area contributed by atoms with E-state index in [0.29, 0.717) is 13.0 Å². The molecule has 0 aliphatic rings. The Hall–Kier alpha value is -1.13. The van der Waals surface area contributed by atoms with Crippen molar-refractivity contribution < 1.29 is 4.79 Å². The number of nitrogens with one attached hydrogen (secondary N) is 1. The molecule has 0 fully saturated rings. The van der Waals surface area contributed by atoms with Crippen molar-refractivity contribution in [2.75, 3.05) is 0 Å². The molecule has 0 aromatic heterocycles. The van der Waals surface area contributed by atoms with E-state index in [0.717, 1.165) is 26.5 Å². The van der Waals surface area contributed by atoms with E-state index in [4.69, 9.17) is 0 Å². The quantitative estimate of drug-likeness (QED) is 0.794. The molecule has 0 radical (unpaired) electrons. The van der Waals surface area contributed by atoms with Crippen molar-refractivity contribution in [3.8, 4) is 0 Å². The van der Waals surface area contributed by atoms with Crippen LogP contribution in [0.3, 0.4) is 0 Å². The first-order valence-electron chi connectivity index (χ1n) is 6.40. The number of aryl methyl sites for hydroxylation is 1. The molecule has 4 heteroatoms. The van der Waals surface area contributed by atoms with Crippen LogP contribution in [-0.2, 0) is 17.8 Å². The minimum atomic E-state index is 0.0701. The van der Waals surface area contributed by atoms with E-state index in [2.05, 4.69) is 37.2 Å². The Morgan fingerprint density at radius 1 is 1.05 bits per heavy atom. The molecule has 1 N–H and O–H groups in total. The lowest BCUT2D eigenvalue weighted by molar-refractivity contribution is -0.121. The molecule has 2 rings (SSSR count). The summed E-state index contributed by atoms with van der Waals surface area (Å²) in [5, 5.41) is 2.94. The van der Waals surface area contributed by atoms with Gasteiger partial charge in [-0.15, -0.1) is 0 Å². The summed E-state index contributed by atoms with van der Waals surface area (Å²) in [5.74, 6) is 0.0701. The van der Waals surface area contributed by atoms with Crippen LogP contribution in [0.1, 0.15) is 17.5 Å². The Labute approximate surface area is 135 Å². The van der Waals surface area contributed by atoms with Crippen LogP contribution in [0.15, 0.2) is 57.5 Å². The van der Waals surface area contributed by atoms with Gasteiger partial charge in [0.25, 0.3) is 0 Å². The maximum atomic E-state index is 11.8. The fraction of sp³-hybridized carbons (Fsp3) is 0.188. The fourth-order valence-electron chi connectivity index (χ4n) is 1.89. The van der Waals surface area contributed by atoms with Gasteiger partial charge < -0.3 is 5.32 Å². The zero-order valence-electron chi connectivity index (χ0n) is 10.9. The molecule has 0 saturated carbocycles. The van der Waals surface area contributed by atoms with Gasteiger partial charge in [-0.3, -0.25) is 4.79 Å². The lowest BCUT2D eigenvalue weighted by Gasteiger charge is -2.07. The van der Waals surface area contributed by atoms with Crippen molar-refractivity contribution >= 4 is 37.8 Å². The van der Waals surface area contributed by atoms with E-state index < -0.39 is 0 Å². The van der Waals surface area contributed by atoms with Crippen LogP contribution in [0.4, 0.5) is 0 Å². The van der Waals surface area contributed by atoms with E-state index in [-0.39, 0.29) is 5.91 Å². The molecule has 0 aliphatic heterocycles. The molecule has 0 spiro atoms. The first-order chi connectivity index (χ1) is 9.65. The van der Waals surface area contributed by atoms with Gasteiger partial charge in [0.15, 0.2) is 0 Å². The van der Waals surface area contributed by atoms with Crippen LogP contribution < -0.4 is 5.32 Å². The van der Waals surface area contributed by atoms with Gasteiger partial charge in [-0.05, 0) is 35.7 Å². The molecule has 20 heavy (non-hydrogen) atoms. The topological polar surface area (TPSA) is 29.1 Å². The fourth-order valence-corrected chi connectivity index (χ4v) is 2.81. The molecule has 0 saturated heterocycles. The molecule has 2 nitrogen and oxygen atoms in total. The smallest absolute Gasteiger partial charge is 0.220 e. The highest BCUT2D eigenvalue weighted by Crippen LogP contribution is 2.17. The summed E-state index contributed by atoms with van der Waals surface area (Å²) >= 11 is 6.91. The van der Waals surface area contributed by atoms with E-state index in [1.807, 2.05) is 48.5 Å². The number of carbonyl (C=O) groups excluding carboxylic acids is 1. The number of carbonyl (C=O) groups is 1. The highest BCUT2D eigenvalue weighted by atomic mass is 79.9. The van der Waals surface area contributed by atoms with Crippen molar-refractivity contribution in [1.29, 1.82) is 0 Å². The minimum absolute atomic E-state index is 0.0701. The maximum absolute atomic E-state index is 11.8. The molecule has 0 atom stereocenters. The third-order valence-electron chi connectivity index (χ3n) is 2.96. The van der Waals surface area contributed by atoms with Crippen LogP contribution in [0.2, 0.25) is 0 Å². The molecule has 0 aliphatic carbocycles. The molecule has 0 bridgehead atoms. The normalized spacial score (nSPS) is 10.3. The average Bonchev–Trinajstić information content (AvgIpc) is 2.44. The van der Waals surface area contributed by atoms with Crippen molar-refractivity contribution in [1.82, 2.24) is 5.32 Å². The first kappa shape index (κ1) is 15.3. The number of hydrogen-bond donors (Lipinski definition) is 1. The third-order valence-corrected chi connectivity index (χ3v) is 4.22. The lowest BCUT2D eigenvalue weighted by atomic mass is 10.1. The highest BCUT2D eigenvalue weighted by molar-refractivity contribution is 9.10. The summed E-state index contributed by atoms with van der Waals surface area (Å²) in [5.41, 5.74) is 2.25. The zero-order valence-corrected chi connectivity index (χ0v) is 14.1.